The van der Waals surface area contributed by atoms with Gasteiger partial charge in [0, 0.05) is 30.5 Å². The smallest absolute Gasteiger partial charge is 0.330 e. The average molecular weight is 274 g/mol. The van der Waals surface area contributed by atoms with Crippen molar-refractivity contribution in [1.29, 1.82) is 0 Å². The molecule has 0 bridgehead atoms. The van der Waals surface area contributed by atoms with E-state index in [1.165, 1.54) is 6.20 Å². The molecule has 1 atom stereocenters. The van der Waals surface area contributed by atoms with Crippen molar-refractivity contribution in [3.05, 3.63) is 23.3 Å². The molecule has 0 aliphatic carbocycles. The summed E-state index contributed by atoms with van der Waals surface area (Å²) < 4.78 is 37.4. The molecule has 2 N–H and O–H groups in total. The topological polar surface area (TPSA) is 55.0 Å². The lowest BCUT2D eigenvalue weighted by molar-refractivity contribution is -0.145. The molecule has 2 heterocycles. The van der Waals surface area contributed by atoms with Gasteiger partial charge in [-0.1, -0.05) is 0 Å². The second-order valence-electron chi connectivity index (χ2n) is 4.93. The van der Waals surface area contributed by atoms with Crippen LogP contribution in [0.3, 0.4) is 0 Å². The van der Waals surface area contributed by atoms with Crippen molar-refractivity contribution < 1.29 is 13.2 Å². The fourth-order valence-corrected chi connectivity index (χ4v) is 2.27. The van der Waals surface area contributed by atoms with Gasteiger partial charge in [-0.25, -0.2) is 9.97 Å². The zero-order valence-electron chi connectivity index (χ0n) is 10.7. The maximum atomic E-state index is 12.5. The Morgan fingerprint density at radius 2 is 2.21 bits per heavy atom. The van der Waals surface area contributed by atoms with Gasteiger partial charge in [0.15, 0.2) is 0 Å². The van der Waals surface area contributed by atoms with Gasteiger partial charge in [0.1, 0.15) is 0 Å². The highest BCUT2D eigenvalue weighted by Crippen LogP contribution is 2.26. The fourth-order valence-electron chi connectivity index (χ4n) is 2.27. The zero-order chi connectivity index (χ0) is 14.0. The highest BCUT2D eigenvalue weighted by Gasteiger charge is 2.35. The Morgan fingerprint density at radius 3 is 2.74 bits per heavy atom. The van der Waals surface area contributed by atoms with Gasteiger partial charge < -0.3 is 5.73 Å². The molecule has 106 valence electrons. The number of nitrogens with zero attached hydrogens (tertiary/aromatic N) is 3. The molecule has 0 spiro atoms. The minimum absolute atomic E-state index is 0.388. The van der Waals surface area contributed by atoms with Crippen molar-refractivity contribution in [2.75, 3.05) is 19.6 Å². The number of hydrogen-bond donors (Lipinski definition) is 1. The second kappa shape index (κ2) is 5.42. The van der Waals surface area contributed by atoms with Crippen molar-refractivity contribution in [2.24, 2.45) is 11.7 Å². The Balaban J connectivity index is 2.06. The summed E-state index contributed by atoms with van der Waals surface area (Å²) >= 11 is 0. The maximum absolute atomic E-state index is 12.5. The Bertz CT molecular complexity index is 447. The summed E-state index contributed by atoms with van der Waals surface area (Å²) in [7, 11) is 0. The summed E-state index contributed by atoms with van der Waals surface area (Å²) in [6.45, 7) is 4.63. The molecule has 7 heteroatoms. The van der Waals surface area contributed by atoms with Crippen LogP contribution in [0.1, 0.15) is 23.5 Å². The summed E-state index contributed by atoms with van der Waals surface area (Å²) in [6.07, 6.45) is -2.17. The molecule has 1 aliphatic rings. The van der Waals surface area contributed by atoms with Crippen molar-refractivity contribution in [3.63, 3.8) is 0 Å². The van der Waals surface area contributed by atoms with Gasteiger partial charge in [0.25, 0.3) is 0 Å². The van der Waals surface area contributed by atoms with E-state index in [4.69, 9.17) is 5.73 Å². The van der Waals surface area contributed by atoms with Crippen LogP contribution < -0.4 is 5.73 Å². The molecule has 0 aromatic carbocycles. The van der Waals surface area contributed by atoms with Crippen LogP contribution in [-0.4, -0.2) is 34.5 Å². The van der Waals surface area contributed by atoms with Crippen LogP contribution in [0.4, 0.5) is 13.2 Å². The van der Waals surface area contributed by atoms with E-state index in [-0.39, 0.29) is 0 Å². The molecule has 0 saturated carbocycles. The summed E-state index contributed by atoms with van der Waals surface area (Å²) in [4.78, 5) is 9.12. The fraction of sp³-hybridized carbons (Fsp3) is 0.667. The first-order valence-electron chi connectivity index (χ1n) is 6.22. The molecule has 1 aliphatic heterocycles. The summed E-state index contributed by atoms with van der Waals surface area (Å²) in [5, 5.41) is 0. The lowest BCUT2D eigenvalue weighted by Gasteiger charge is -2.17. The number of nitrogens with two attached hydrogens (primary N) is 1. The van der Waals surface area contributed by atoms with Crippen molar-refractivity contribution >= 4 is 0 Å². The third-order valence-corrected chi connectivity index (χ3v) is 3.43. The first-order chi connectivity index (χ1) is 8.90. The zero-order valence-corrected chi connectivity index (χ0v) is 10.7. The van der Waals surface area contributed by atoms with Gasteiger partial charge in [0.05, 0.1) is 0 Å². The lowest BCUT2D eigenvalue weighted by atomic mass is 10.1. The van der Waals surface area contributed by atoms with Gasteiger partial charge in [-0.3, -0.25) is 4.90 Å². The van der Waals surface area contributed by atoms with E-state index in [0.29, 0.717) is 24.7 Å². The van der Waals surface area contributed by atoms with Crippen LogP contribution in [-0.2, 0) is 12.7 Å². The molecule has 1 saturated heterocycles. The SMILES string of the molecule is Cc1nc(C(F)(F)F)ncc1CN1CC[C@@H](CN)C1. The Kier molecular flexibility index (Phi) is 4.05. The van der Waals surface area contributed by atoms with E-state index in [0.717, 1.165) is 25.1 Å². The first kappa shape index (κ1) is 14.2. The molecular weight excluding hydrogens is 257 g/mol. The molecule has 1 aromatic heterocycles. The molecule has 0 unspecified atom stereocenters. The first-order valence-corrected chi connectivity index (χ1v) is 6.22. The number of alkyl halides is 3. The highest BCUT2D eigenvalue weighted by atomic mass is 19.4. The van der Waals surface area contributed by atoms with Gasteiger partial charge in [-0.2, -0.15) is 13.2 Å². The summed E-state index contributed by atoms with van der Waals surface area (Å²) in [5.74, 6) is -0.592. The van der Waals surface area contributed by atoms with Crippen LogP contribution >= 0.6 is 0 Å². The molecule has 2 rings (SSSR count). The van der Waals surface area contributed by atoms with Crippen LogP contribution in [0.5, 0.6) is 0 Å². The van der Waals surface area contributed by atoms with E-state index in [9.17, 15) is 13.2 Å². The Morgan fingerprint density at radius 1 is 1.47 bits per heavy atom. The van der Waals surface area contributed by atoms with Crippen molar-refractivity contribution in [2.45, 2.75) is 26.1 Å². The summed E-state index contributed by atoms with van der Waals surface area (Å²) in [6, 6.07) is 0. The lowest BCUT2D eigenvalue weighted by Crippen LogP contribution is -2.24. The largest absolute Gasteiger partial charge is 0.451 e. The quantitative estimate of drug-likeness (QED) is 0.909. The monoisotopic (exact) mass is 274 g/mol. The number of aryl methyl sites for hydroxylation is 1. The number of halogens is 3. The third kappa shape index (κ3) is 3.42. The molecular formula is C12H17F3N4. The predicted molar refractivity (Wildman–Crippen MR) is 64.2 cm³/mol. The number of likely N-dealkylation sites (tertiary alicyclic amines) is 1. The van der Waals surface area contributed by atoms with Crippen LogP contribution in [0.2, 0.25) is 0 Å². The standard InChI is InChI=1S/C12H17F3N4/c1-8-10(5-17-11(18-8)12(13,14)15)7-19-3-2-9(4-16)6-19/h5,9H,2-4,6-7,16H2,1H3/t9-/m0/s1. The predicted octanol–water partition coefficient (Wildman–Crippen LogP) is 1.58. The van der Waals surface area contributed by atoms with Crippen LogP contribution in [0.25, 0.3) is 0 Å². The summed E-state index contributed by atoms with van der Waals surface area (Å²) in [5.41, 5.74) is 6.74. The van der Waals surface area contributed by atoms with Gasteiger partial charge in [-0.05, 0) is 32.4 Å². The number of aromatic nitrogens is 2. The van der Waals surface area contributed by atoms with Crippen LogP contribution in [0, 0.1) is 12.8 Å². The minimum Gasteiger partial charge on any atom is -0.330 e. The molecule has 4 nitrogen and oxygen atoms in total. The Hall–Kier alpha value is -1.21. The van der Waals surface area contributed by atoms with Crippen molar-refractivity contribution in [1.82, 2.24) is 14.9 Å². The number of rotatable bonds is 3. The molecule has 0 radical (unpaired) electrons. The maximum Gasteiger partial charge on any atom is 0.451 e. The van der Waals surface area contributed by atoms with E-state index in [1.807, 2.05) is 0 Å². The van der Waals surface area contributed by atoms with Crippen LogP contribution in [0.15, 0.2) is 6.20 Å². The molecule has 1 fully saturated rings. The Labute approximate surface area is 109 Å². The minimum atomic E-state index is -4.48. The molecule has 1 aromatic rings. The van der Waals surface area contributed by atoms with Crippen molar-refractivity contribution in [3.8, 4) is 0 Å². The normalized spacial score (nSPS) is 21.0. The second-order valence-corrected chi connectivity index (χ2v) is 4.93. The van der Waals surface area contributed by atoms with Gasteiger partial charge >= 0.3 is 6.18 Å². The highest BCUT2D eigenvalue weighted by molar-refractivity contribution is 5.17. The molecule has 19 heavy (non-hydrogen) atoms. The van der Waals surface area contributed by atoms with Gasteiger partial charge in [-0.15, -0.1) is 0 Å². The average Bonchev–Trinajstić information content (AvgIpc) is 2.78. The van der Waals surface area contributed by atoms with E-state index in [2.05, 4.69) is 14.9 Å². The number of hydrogen-bond acceptors (Lipinski definition) is 4. The molecule has 0 amide bonds. The van der Waals surface area contributed by atoms with E-state index >= 15 is 0 Å². The van der Waals surface area contributed by atoms with E-state index < -0.39 is 12.0 Å². The van der Waals surface area contributed by atoms with Gasteiger partial charge in [0.2, 0.25) is 5.82 Å². The third-order valence-electron chi connectivity index (χ3n) is 3.43. The van der Waals surface area contributed by atoms with E-state index in [1.54, 1.807) is 6.92 Å².